The number of anilines is 1. The number of benzene rings is 3. The maximum Gasteiger partial charge on any atom is 0.263 e. The Balaban J connectivity index is 1.61. The third-order valence-electron chi connectivity index (χ3n) is 6.25. The number of aliphatic hydroxyl groups is 1. The van der Waals surface area contributed by atoms with Gasteiger partial charge in [0.2, 0.25) is 11.7 Å². The van der Waals surface area contributed by atoms with E-state index in [1.54, 1.807) is 12.1 Å². The molecule has 0 amide bonds. The van der Waals surface area contributed by atoms with E-state index < -0.39 is 27.3 Å². The number of aromatic nitrogens is 2. The monoisotopic (exact) mass is 659 g/mol. The molecule has 0 atom stereocenters. The second-order valence-corrected chi connectivity index (χ2v) is 11.1. The smallest absolute Gasteiger partial charge is 0.263 e. The van der Waals surface area contributed by atoms with Crippen LogP contribution in [0.25, 0.3) is 12.2 Å². The number of ketones is 1. The molecule has 0 fully saturated rings. The van der Waals surface area contributed by atoms with Gasteiger partial charge in [-0.2, -0.15) is 5.11 Å². The van der Waals surface area contributed by atoms with Crippen molar-refractivity contribution in [3.05, 3.63) is 108 Å². The van der Waals surface area contributed by atoms with Crippen LogP contribution in [-0.2, 0) is 14.8 Å². The van der Waals surface area contributed by atoms with E-state index in [9.17, 15) is 28.5 Å². The molecule has 4 aromatic rings. The van der Waals surface area contributed by atoms with Gasteiger partial charge in [0.1, 0.15) is 5.76 Å². The third-order valence-corrected chi connectivity index (χ3v) is 7.62. The fourth-order valence-corrected chi connectivity index (χ4v) is 4.80. The first-order valence-corrected chi connectivity index (χ1v) is 15.0. The van der Waals surface area contributed by atoms with Crippen LogP contribution in [0.5, 0.6) is 28.9 Å². The molecule has 0 aliphatic carbocycles. The van der Waals surface area contributed by atoms with Gasteiger partial charge in [0, 0.05) is 6.07 Å². The number of sulfonamides is 1. The highest BCUT2D eigenvalue weighted by molar-refractivity contribution is 7.92. The second-order valence-electron chi connectivity index (χ2n) is 9.39. The molecule has 4 N–H and O–H groups in total. The zero-order valence-electron chi connectivity index (χ0n) is 25.2. The topological polar surface area (TPSA) is 202 Å². The van der Waals surface area contributed by atoms with Gasteiger partial charge < -0.3 is 29.5 Å². The lowest BCUT2D eigenvalue weighted by Crippen LogP contribution is -2.14. The fourth-order valence-electron chi connectivity index (χ4n) is 3.81. The summed E-state index contributed by atoms with van der Waals surface area (Å²) in [4.78, 5) is 13.1. The summed E-state index contributed by atoms with van der Waals surface area (Å²) in [6, 6.07) is 17.0. The largest absolute Gasteiger partial charge is 0.505 e. The summed E-state index contributed by atoms with van der Waals surface area (Å²) in [5, 5.41) is 46.0. The maximum absolute atomic E-state index is 13.2. The van der Waals surface area contributed by atoms with Gasteiger partial charge in [0.05, 0.1) is 31.9 Å². The van der Waals surface area contributed by atoms with Gasteiger partial charge in [-0.15, -0.1) is 15.3 Å². The van der Waals surface area contributed by atoms with E-state index in [-0.39, 0.29) is 45.3 Å². The number of methoxy groups -OCH3 is 3. The molecule has 0 aliphatic heterocycles. The Morgan fingerprint density at radius 1 is 0.787 bits per heavy atom. The van der Waals surface area contributed by atoms with Crippen LogP contribution in [-0.4, -0.2) is 61.0 Å². The van der Waals surface area contributed by atoms with Gasteiger partial charge in [0.15, 0.2) is 34.5 Å². The molecule has 242 valence electrons. The number of allylic oxidation sites excluding steroid dienone is 2. The first-order valence-electron chi connectivity index (χ1n) is 13.5. The summed E-state index contributed by atoms with van der Waals surface area (Å²) in [7, 11) is 0.153. The van der Waals surface area contributed by atoms with Crippen LogP contribution in [0.15, 0.2) is 112 Å². The number of aliphatic hydroxyl groups excluding tert-OH is 1. The van der Waals surface area contributed by atoms with Crippen LogP contribution in [0.3, 0.4) is 0 Å². The average Bonchev–Trinajstić information content (AvgIpc) is 3.08. The summed E-state index contributed by atoms with van der Waals surface area (Å²) in [5.74, 6) is -0.821. The molecule has 0 saturated carbocycles. The molecule has 0 radical (unpaired) electrons. The number of aromatic hydroxyl groups is 2. The second kappa shape index (κ2) is 15.2. The SMILES string of the molecule is COc1ccc(NS(=O)(=O)c2ccc(N=NC(C(=O)/C=C/c3ccc(O)c(OC)c3)=C(O)/C=C/c3ccc(O)c(OC)c3)cc2)nn1. The summed E-state index contributed by atoms with van der Waals surface area (Å²) in [6.45, 7) is 0. The molecule has 1 aromatic heterocycles. The molecule has 15 heteroatoms. The van der Waals surface area contributed by atoms with Crippen molar-refractivity contribution in [2.45, 2.75) is 4.90 Å². The van der Waals surface area contributed by atoms with E-state index in [1.807, 2.05) is 0 Å². The number of phenolic OH excluding ortho intramolecular Hbond substituents is 2. The van der Waals surface area contributed by atoms with Crippen molar-refractivity contribution in [1.29, 1.82) is 0 Å². The number of azo groups is 1. The number of phenols is 2. The lowest BCUT2D eigenvalue weighted by atomic mass is 10.1. The summed E-state index contributed by atoms with van der Waals surface area (Å²) in [5.41, 5.74) is 0.783. The molecule has 14 nitrogen and oxygen atoms in total. The van der Waals surface area contributed by atoms with Gasteiger partial charge in [-0.1, -0.05) is 24.3 Å². The highest BCUT2D eigenvalue weighted by atomic mass is 32.2. The van der Waals surface area contributed by atoms with Crippen molar-refractivity contribution in [2.75, 3.05) is 26.1 Å². The van der Waals surface area contributed by atoms with Crippen LogP contribution in [0.2, 0.25) is 0 Å². The minimum absolute atomic E-state index is 0.0177. The van der Waals surface area contributed by atoms with Crippen LogP contribution in [0.1, 0.15) is 11.1 Å². The van der Waals surface area contributed by atoms with E-state index in [1.165, 1.54) is 100 Å². The Kier molecular flexibility index (Phi) is 10.9. The lowest BCUT2D eigenvalue weighted by Gasteiger charge is -2.07. The van der Waals surface area contributed by atoms with E-state index in [0.717, 1.165) is 6.08 Å². The predicted molar refractivity (Wildman–Crippen MR) is 172 cm³/mol. The molecular weight excluding hydrogens is 630 g/mol. The van der Waals surface area contributed by atoms with Gasteiger partial charge in [-0.3, -0.25) is 9.52 Å². The number of ether oxygens (including phenoxy) is 3. The number of hydrogen-bond donors (Lipinski definition) is 4. The van der Waals surface area contributed by atoms with Gasteiger partial charge in [0.25, 0.3) is 10.0 Å². The standard InChI is InChI=1S/C32H29N5O9S/c1-44-28-18-20(4-12-24(28)38)6-14-26(40)32(27(41)15-7-21-5-13-25(39)29(19-21)45-2)36-33-22-8-10-23(11-9-22)47(42,43)37-30-16-17-31(46-3)35-34-30/h4-19,38-40H,1-3H3,(H,34,37)/b14-6+,15-7+,32-26?,36-33?. The molecule has 0 aliphatic rings. The maximum atomic E-state index is 13.2. The van der Waals surface area contributed by atoms with E-state index in [4.69, 9.17) is 14.2 Å². The van der Waals surface area contributed by atoms with E-state index in [2.05, 4.69) is 25.1 Å². The number of carbonyl (C=O) groups excluding carboxylic acids is 1. The predicted octanol–water partition coefficient (Wildman–Crippen LogP) is 5.56. The molecule has 1 heterocycles. The van der Waals surface area contributed by atoms with Crippen LogP contribution < -0.4 is 18.9 Å². The molecule has 0 unspecified atom stereocenters. The van der Waals surface area contributed by atoms with Gasteiger partial charge in [-0.25, -0.2) is 8.42 Å². The Morgan fingerprint density at radius 2 is 1.38 bits per heavy atom. The normalized spacial score (nSPS) is 12.3. The Morgan fingerprint density at radius 3 is 1.91 bits per heavy atom. The quantitative estimate of drug-likeness (QED) is 0.0605. The first kappa shape index (κ1) is 33.7. The Hall–Kier alpha value is -6.22. The molecule has 0 saturated heterocycles. The zero-order valence-corrected chi connectivity index (χ0v) is 26.0. The highest BCUT2D eigenvalue weighted by Crippen LogP contribution is 2.28. The summed E-state index contributed by atoms with van der Waals surface area (Å²) >= 11 is 0. The minimum atomic E-state index is -4.03. The van der Waals surface area contributed by atoms with Crippen molar-refractivity contribution in [1.82, 2.24) is 10.2 Å². The van der Waals surface area contributed by atoms with Gasteiger partial charge in [-0.05, 0) is 77.9 Å². The van der Waals surface area contributed by atoms with Crippen molar-refractivity contribution in [2.24, 2.45) is 10.2 Å². The lowest BCUT2D eigenvalue weighted by molar-refractivity contribution is -0.111. The molecule has 47 heavy (non-hydrogen) atoms. The van der Waals surface area contributed by atoms with Crippen LogP contribution in [0.4, 0.5) is 11.5 Å². The van der Waals surface area contributed by atoms with Crippen LogP contribution in [0, 0.1) is 0 Å². The number of nitrogens with zero attached hydrogens (tertiary/aromatic N) is 4. The van der Waals surface area contributed by atoms with Crippen molar-refractivity contribution < 1.29 is 42.7 Å². The Bertz CT molecular complexity index is 1970. The third kappa shape index (κ3) is 8.92. The minimum Gasteiger partial charge on any atom is -0.505 e. The summed E-state index contributed by atoms with van der Waals surface area (Å²) < 4.78 is 43.0. The van der Waals surface area contributed by atoms with E-state index in [0.29, 0.717) is 11.1 Å². The van der Waals surface area contributed by atoms with Crippen molar-refractivity contribution >= 4 is 39.5 Å². The average molecular weight is 660 g/mol. The number of carbonyl (C=O) groups is 1. The number of rotatable bonds is 13. The highest BCUT2D eigenvalue weighted by Gasteiger charge is 2.16. The molecule has 0 bridgehead atoms. The van der Waals surface area contributed by atoms with E-state index >= 15 is 0 Å². The van der Waals surface area contributed by atoms with Crippen molar-refractivity contribution in [3.63, 3.8) is 0 Å². The summed E-state index contributed by atoms with van der Waals surface area (Å²) in [6.07, 6.45) is 5.27. The molecule has 0 spiro atoms. The van der Waals surface area contributed by atoms with Gasteiger partial charge >= 0.3 is 0 Å². The molecular formula is C32H29N5O9S. The Labute approximate surface area is 269 Å². The first-order chi connectivity index (χ1) is 22.5. The van der Waals surface area contributed by atoms with Crippen molar-refractivity contribution in [3.8, 4) is 28.9 Å². The number of nitrogens with one attached hydrogen (secondary N) is 1. The number of hydrogen-bond acceptors (Lipinski definition) is 13. The fraction of sp³-hybridized carbons (Fsp3) is 0.0938. The zero-order chi connectivity index (χ0) is 34.0. The molecule has 3 aromatic carbocycles. The van der Waals surface area contributed by atoms with Crippen LogP contribution >= 0.6 is 0 Å². The molecule has 4 rings (SSSR count).